The monoisotopic (exact) mass is 288 g/mol. The van der Waals surface area contributed by atoms with Gasteiger partial charge in [0.1, 0.15) is 0 Å². The first-order valence-corrected chi connectivity index (χ1v) is 7.36. The average molecular weight is 288 g/mol. The zero-order valence-electron chi connectivity index (χ0n) is 8.04. The SMILES string of the molecule is Cc1csc(NC(O[PH](=O)O)O[PH](=O)O)n1. The first-order chi connectivity index (χ1) is 7.47. The summed E-state index contributed by atoms with van der Waals surface area (Å²) in [5.41, 5.74) is 0.736. The van der Waals surface area contributed by atoms with E-state index in [1.165, 1.54) is 11.3 Å². The molecule has 1 aromatic heterocycles. The van der Waals surface area contributed by atoms with E-state index in [4.69, 9.17) is 9.79 Å². The third-order valence-corrected chi connectivity index (χ3v) is 3.00. The van der Waals surface area contributed by atoms with E-state index in [0.717, 1.165) is 5.69 Å². The van der Waals surface area contributed by atoms with Crippen molar-refractivity contribution in [3.8, 4) is 0 Å². The predicted molar refractivity (Wildman–Crippen MR) is 58.9 cm³/mol. The Bertz CT molecular complexity index is 382. The van der Waals surface area contributed by atoms with E-state index in [0.29, 0.717) is 5.13 Å². The molecule has 11 heteroatoms. The van der Waals surface area contributed by atoms with E-state index in [-0.39, 0.29) is 0 Å². The summed E-state index contributed by atoms with van der Waals surface area (Å²) >= 11 is 1.21. The van der Waals surface area contributed by atoms with Crippen LogP contribution in [0.3, 0.4) is 0 Å². The minimum absolute atomic E-state index is 0.356. The topological polar surface area (TPSA) is 118 Å². The van der Waals surface area contributed by atoms with Crippen molar-refractivity contribution in [3.05, 3.63) is 11.1 Å². The van der Waals surface area contributed by atoms with Crippen molar-refractivity contribution in [1.82, 2.24) is 4.98 Å². The molecule has 0 aromatic carbocycles. The number of nitrogens with one attached hydrogen (secondary N) is 1. The van der Waals surface area contributed by atoms with Gasteiger partial charge in [0.05, 0.1) is 5.69 Å². The van der Waals surface area contributed by atoms with Gasteiger partial charge in [-0.05, 0) is 6.92 Å². The smallest absolute Gasteiger partial charge is 0.320 e. The highest BCUT2D eigenvalue weighted by Gasteiger charge is 2.15. The van der Waals surface area contributed by atoms with Crippen LogP contribution in [-0.4, -0.2) is 21.2 Å². The zero-order chi connectivity index (χ0) is 12.1. The molecule has 0 aliphatic carbocycles. The maximum atomic E-state index is 10.4. The van der Waals surface area contributed by atoms with Crippen LogP contribution in [0.4, 0.5) is 5.13 Å². The summed E-state index contributed by atoms with van der Waals surface area (Å²) in [5.74, 6) is 0. The summed E-state index contributed by atoms with van der Waals surface area (Å²) in [6.45, 7) is 1.75. The van der Waals surface area contributed by atoms with Gasteiger partial charge in [-0.2, -0.15) is 0 Å². The van der Waals surface area contributed by atoms with Gasteiger partial charge in [-0.15, -0.1) is 11.3 Å². The van der Waals surface area contributed by atoms with Crippen LogP contribution < -0.4 is 5.32 Å². The largest absolute Gasteiger partial charge is 0.326 e. The average Bonchev–Trinajstić information content (AvgIpc) is 2.48. The lowest BCUT2D eigenvalue weighted by molar-refractivity contribution is 0.0262. The molecule has 0 bridgehead atoms. The number of thiazole rings is 1. The highest BCUT2D eigenvalue weighted by atomic mass is 32.1. The molecule has 16 heavy (non-hydrogen) atoms. The quantitative estimate of drug-likeness (QED) is 0.523. The second-order valence-electron chi connectivity index (χ2n) is 2.54. The maximum Gasteiger partial charge on any atom is 0.320 e. The lowest BCUT2D eigenvalue weighted by Gasteiger charge is -2.14. The normalized spacial score (nSPS) is 16.7. The number of hydrogen-bond acceptors (Lipinski definition) is 7. The van der Waals surface area contributed by atoms with Gasteiger partial charge in [-0.1, -0.05) is 0 Å². The number of hydrogen-bond donors (Lipinski definition) is 3. The Kier molecular flexibility index (Phi) is 5.57. The van der Waals surface area contributed by atoms with E-state index in [1.54, 1.807) is 12.3 Å². The summed E-state index contributed by atoms with van der Waals surface area (Å²) in [7, 11) is -6.57. The molecule has 0 amide bonds. The second kappa shape index (κ2) is 6.46. The molecule has 8 nitrogen and oxygen atoms in total. The molecule has 0 saturated carbocycles. The van der Waals surface area contributed by atoms with E-state index < -0.39 is 22.9 Å². The van der Waals surface area contributed by atoms with E-state index in [1.807, 2.05) is 0 Å². The molecule has 0 aliphatic rings. The molecule has 0 spiro atoms. The number of anilines is 1. The Hall–Kier alpha value is -0.270. The van der Waals surface area contributed by atoms with Gasteiger partial charge in [0.15, 0.2) is 5.13 Å². The summed E-state index contributed by atoms with van der Waals surface area (Å²) in [5, 5.41) is 4.54. The standard InChI is InChI=1S/C5H10N2O6P2S/c1-3-2-16-4(6-3)7-5(12-14(8)9)13-15(10)11/h2,5,14-15H,1H3,(H,6,7)(H,8,9)(H,10,11). The van der Waals surface area contributed by atoms with Gasteiger partial charge in [0.2, 0.25) is 0 Å². The van der Waals surface area contributed by atoms with Crippen molar-refractivity contribution in [2.24, 2.45) is 0 Å². The van der Waals surface area contributed by atoms with Crippen LogP contribution in [0.15, 0.2) is 5.38 Å². The Balaban J connectivity index is 2.62. The molecule has 0 radical (unpaired) electrons. The van der Waals surface area contributed by atoms with Gasteiger partial charge in [-0.25, -0.2) is 4.98 Å². The van der Waals surface area contributed by atoms with Gasteiger partial charge in [0.25, 0.3) is 6.41 Å². The van der Waals surface area contributed by atoms with Crippen molar-refractivity contribution in [2.75, 3.05) is 5.32 Å². The Morgan fingerprint density at radius 1 is 1.44 bits per heavy atom. The van der Waals surface area contributed by atoms with Crippen molar-refractivity contribution >= 4 is 33.0 Å². The fourth-order valence-electron chi connectivity index (χ4n) is 0.787. The summed E-state index contributed by atoms with van der Waals surface area (Å²) in [6, 6.07) is 0. The molecule has 92 valence electrons. The zero-order valence-corrected chi connectivity index (χ0v) is 10.9. The van der Waals surface area contributed by atoms with Crippen LogP contribution in [-0.2, 0) is 18.2 Å². The minimum atomic E-state index is -3.29. The van der Waals surface area contributed by atoms with E-state index in [2.05, 4.69) is 19.3 Å². The molecule has 1 aromatic rings. The number of aromatic nitrogens is 1. The summed E-state index contributed by atoms with van der Waals surface area (Å²) in [6.07, 6.45) is -1.47. The van der Waals surface area contributed by atoms with Gasteiger partial charge >= 0.3 is 16.5 Å². The van der Waals surface area contributed by atoms with Crippen LogP contribution in [0, 0.1) is 6.92 Å². The highest BCUT2D eigenvalue weighted by molar-refractivity contribution is 7.32. The molecule has 1 rings (SSSR count). The van der Waals surface area contributed by atoms with E-state index >= 15 is 0 Å². The number of aryl methyl sites for hydroxylation is 1. The van der Waals surface area contributed by atoms with Crippen LogP contribution in [0.5, 0.6) is 0 Å². The fourth-order valence-corrected chi connectivity index (χ4v) is 2.16. The maximum absolute atomic E-state index is 10.4. The molecule has 3 N–H and O–H groups in total. The molecule has 1 heterocycles. The third kappa shape index (κ3) is 5.18. The van der Waals surface area contributed by atoms with Crippen LogP contribution in [0.2, 0.25) is 0 Å². The predicted octanol–water partition coefficient (Wildman–Crippen LogP) is 0.944. The summed E-state index contributed by atoms with van der Waals surface area (Å²) in [4.78, 5) is 21.0. The Morgan fingerprint density at radius 3 is 2.38 bits per heavy atom. The second-order valence-corrected chi connectivity index (χ2v) is 4.93. The van der Waals surface area contributed by atoms with Gasteiger partial charge in [0, 0.05) is 5.38 Å². The van der Waals surface area contributed by atoms with Crippen molar-refractivity contribution in [1.29, 1.82) is 0 Å². The molecule has 0 saturated heterocycles. The molecule has 2 atom stereocenters. The van der Waals surface area contributed by atoms with E-state index in [9.17, 15) is 9.13 Å². The number of nitrogens with zero attached hydrogens (tertiary/aromatic N) is 1. The highest BCUT2D eigenvalue weighted by Crippen LogP contribution is 2.27. The molecular weight excluding hydrogens is 278 g/mol. The molecule has 0 aliphatic heterocycles. The van der Waals surface area contributed by atoms with Crippen molar-refractivity contribution in [2.45, 2.75) is 13.3 Å². The number of rotatable bonds is 6. The molecule has 0 fully saturated rings. The fraction of sp³-hybridized carbons (Fsp3) is 0.400. The van der Waals surface area contributed by atoms with Crippen molar-refractivity contribution < 1.29 is 28.0 Å². The lowest BCUT2D eigenvalue weighted by Crippen LogP contribution is -2.21. The first-order valence-electron chi connectivity index (χ1n) is 3.95. The molecule has 2 unspecified atom stereocenters. The van der Waals surface area contributed by atoms with Crippen molar-refractivity contribution in [3.63, 3.8) is 0 Å². The van der Waals surface area contributed by atoms with Crippen LogP contribution in [0.25, 0.3) is 0 Å². The summed E-state index contributed by atoms with van der Waals surface area (Å²) < 4.78 is 29.6. The minimum Gasteiger partial charge on any atom is -0.326 e. The van der Waals surface area contributed by atoms with Crippen LogP contribution >= 0.6 is 27.8 Å². The lowest BCUT2D eigenvalue weighted by atomic mass is 10.6. The Labute approximate surface area is 96.1 Å². The van der Waals surface area contributed by atoms with Gasteiger partial charge < -0.3 is 15.1 Å². The third-order valence-electron chi connectivity index (χ3n) is 1.28. The first kappa shape index (κ1) is 13.8. The Morgan fingerprint density at radius 2 is 2.00 bits per heavy atom. The van der Waals surface area contributed by atoms with Gasteiger partial charge in [-0.3, -0.25) is 18.2 Å². The van der Waals surface area contributed by atoms with Crippen LogP contribution in [0.1, 0.15) is 5.69 Å². The molecular formula is C5H10N2O6P2S.